The first-order valence-electron chi connectivity index (χ1n) is 4.93. The number of nitrogens with zero attached hydrogens (tertiary/aromatic N) is 1. The lowest BCUT2D eigenvalue weighted by Gasteiger charge is -2.06. The molecule has 1 amide bonds. The summed E-state index contributed by atoms with van der Waals surface area (Å²) < 4.78 is 0. The Balaban J connectivity index is 2.16. The van der Waals surface area contributed by atoms with E-state index in [4.69, 9.17) is 17.3 Å². The molecule has 4 nitrogen and oxygen atoms in total. The maximum atomic E-state index is 11.8. The van der Waals surface area contributed by atoms with E-state index in [-0.39, 0.29) is 5.91 Å². The third-order valence-corrected chi connectivity index (χ3v) is 2.52. The van der Waals surface area contributed by atoms with Gasteiger partial charge in [-0.25, -0.2) is 0 Å². The normalized spacial score (nSPS) is 9.94. The molecular formula is C12H10ClN3O. The molecule has 0 aliphatic carbocycles. The number of nitrogens with two attached hydrogens (primary N) is 1. The monoisotopic (exact) mass is 247 g/mol. The second-order valence-electron chi connectivity index (χ2n) is 3.43. The Morgan fingerprint density at radius 1 is 1.35 bits per heavy atom. The molecule has 0 spiro atoms. The molecule has 2 aromatic rings. The van der Waals surface area contributed by atoms with Crippen LogP contribution in [-0.2, 0) is 0 Å². The van der Waals surface area contributed by atoms with Crippen LogP contribution in [0.1, 0.15) is 10.4 Å². The van der Waals surface area contributed by atoms with Crippen LogP contribution < -0.4 is 11.1 Å². The van der Waals surface area contributed by atoms with Gasteiger partial charge in [0.15, 0.2) is 0 Å². The summed E-state index contributed by atoms with van der Waals surface area (Å²) in [5.74, 6) is -0.236. The van der Waals surface area contributed by atoms with Crippen molar-refractivity contribution in [1.82, 2.24) is 4.98 Å². The first-order valence-corrected chi connectivity index (χ1v) is 5.31. The molecule has 5 heteroatoms. The summed E-state index contributed by atoms with van der Waals surface area (Å²) in [6, 6.07) is 8.31. The molecule has 2 rings (SSSR count). The third kappa shape index (κ3) is 2.73. The Hall–Kier alpha value is -2.07. The zero-order chi connectivity index (χ0) is 12.3. The van der Waals surface area contributed by atoms with E-state index in [1.807, 2.05) is 0 Å². The van der Waals surface area contributed by atoms with Crippen molar-refractivity contribution in [2.45, 2.75) is 0 Å². The number of halogens is 1. The number of anilines is 2. The van der Waals surface area contributed by atoms with E-state index in [1.165, 1.54) is 6.20 Å². The van der Waals surface area contributed by atoms with Crippen LogP contribution in [-0.4, -0.2) is 10.9 Å². The van der Waals surface area contributed by atoms with Crippen LogP contribution >= 0.6 is 11.6 Å². The van der Waals surface area contributed by atoms with Gasteiger partial charge in [-0.05, 0) is 30.3 Å². The minimum Gasteiger partial charge on any atom is -0.397 e. The van der Waals surface area contributed by atoms with Crippen molar-refractivity contribution in [3.8, 4) is 0 Å². The van der Waals surface area contributed by atoms with Gasteiger partial charge in [-0.1, -0.05) is 11.6 Å². The molecule has 86 valence electrons. The van der Waals surface area contributed by atoms with Crippen molar-refractivity contribution in [2.75, 3.05) is 11.1 Å². The standard InChI is InChI=1S/C12H10ClN3O/c13-10-4-3-9(6-11(10)14)16-12(17)8-2-1-5-15-7-8/h1-7H,14H2,(H,16,17). The second kappa shape index (κ2) is 4.84. The van der Waals surface area contributed by atoms with Crippen LogP contribution in [0, 0.1) is 0 Å². The molecule has 0 aliphatic rings. The molecule has 0 aliphatic heterocycles. The Morgan fingerprint density at radius 3 is 2.82 bits per heavy atom. The first kappa shape index (κ1) is 11.4. The molecule has 1 heterocycles. The molecule has 0 radical (unpaired) electrons. The first-order chi connectivity index (χ1) is 8.16. The molecule has 1 aromatic heterocycles. The zero-order valence-electron chi connectivity index (χ0n) is 8.85. The number of benzene rings is 1. The van der Waals surface area contributed by atoms with Gasteiger partial charge in [-0.15, -0.1) is 0 Å². The van der Waals surface area contributed by atoms with E-state index in [0.717, 1.165) is 0 Å². The lowest BCUT2D eigenvalue weighted by atomic mass is 10.2. The fraction of sp³-hybridized carbons (Fsp3) is 0. The molecule has 0 saturated carbocycles. The van der Waals surface area contributed by atoms with E-state index >= 15 is 0 Å². The fourth-order valence-electron chi connectivity index (χ4n) is 1.32. The smallest absolute Gasteiger partial charge is 0.257 e. The molecular weight excluding hydrogens is 238 g/mol. The summed E-state index contributed by atoms with van der Waals surface area (Å²) in [7, 11) is 0. The van der Waals surface area contributed by atoms with Gasteiger partial charge in [-0.3, -0.25) is 9.78 Å². The van der Waals surface area contributed by atoms with Gasteiger partial charge >= 0.3 is 0 Å². The highest BCUT2D eigenvalue weighted by molar-refractivity contribution is 6.33. The van der Waals surface area contributed by atoms with Crippen LogP contribution in [0.15, 0.2) is 42.7 Å². The molecule has 17 heavy (non-hydrogen) atoms. The van der Waals surface area contributed by atoms with Crippen molar-refractivity contribution in [1.29, 1.82) is 0 Å². The van der Waals surface area contributed by atoms with Gasteiger partial charge in [0.1, 0.15) is 0 Å². The molecule has 0 atom stereocenters. The van der Waals surface area contributed by atoms with E-state index in [1.54, 1.807) is 36.5 Å². The quantitative estimate of drug-likeness (QED) is 0.802. The lowest BCUT2D eigenvalue weighted by molar-refractivity contribution is 0.102. The van der Waals surface area contributed by atoms with Crippen LogP contribution in [0.3, 0.4) is 0 Å². The van der Waals surface area contributed by atoms with Gasteiger partial charge in [0.05, 0.1) is 16.3 Å². The summed E-state index contributed by atoms with van der Waals surface area (Å²) in [5.41, 5.74) is 7.15. The van der Waals surface area contributed by atoms with Gasteiger partial charge in [0.25, 0.3) is 5.91 Å². The number of nitrogens with one attached hydrogen (secondary N) is 1. The topological polar surface area (TPSA) is 68.0 Å². The molecule has 3 N–H and O–H groups in total. The van der Waals surface area contributed by atoms with Crippen LogP contribution in [0.4, 0.5) is 11.4 Å². The minimum absolute atomic E-state index is 0.236. The van der Waals surface area contributed by atoms with Gasteiger partial charge < -0.3 is 11.1 Å². The third-order valence-electron chi connectivity index (χ3n) is 2.18. The number of carbonyl (C=O) groups is 1. The number of nitrogen functional groups attached to an aromatic ring is 1. The van der Waals surface area contributed by atoms with E-state index in [2.05, 4.69) is 10.3 Å². The van der Waals surface area contributed by atoms with Crippen molar-refractivity contribution in [2.24, 2.45) is 0 Å². The summed E-state index contributed by atoms with van der Waals surface area (Å²) in [5, 5.41) is 3.17. The van der Waals surface area contributed by atoms with Crippen molar-refractivity contribution < 1.29 is 4.79 Å². The SMILES string of the molecule is Nc1cc(NC(=O)c2cccnc2)ccc1Cl. The van der Waals surface area contributed by atoms with E-state index < -0.39 is 0 Å². The Morgan fingerprint density at radius 2 is 2.18 bits per heavy atom. The zero-order valence-corrected chi connectivity index (χ0v) is 9.61. The summed E-state index contributed by atoms with van der Waals surface area (Å²) in [6.45, 7) is 0. The summed E-state index contributed by atoms with van der Waals surface area (Å²) in [6.07, 6.45) is 3.10. The fourth-order valence-corrected chi connectivity index (χ4v) is 1.44. The number of hydrogen-bond acceptors (Lipinski definition) is 3. The molecule has 0 unspecified atom stereocenters. The Kier molecular flexibility index (Phi) is 3.25. The number of amides is 1. The number of hydrogen-bond donors (Lipinski definition) is 2. The predicted octanol–water partition coefficient (Wildman–Crippen LogP) is 2.57. The van der Waals surface area contributed by atoms with Crippen molar-refractivity contribution in [3.05, 3.63) is 53.3 Å². The van der Waals surface area contributed by atoms with E-state index in [0.29, 0.717) is 22.0 Å². The van der Waals surface area contributed by atoms with Crippen molar-refractivity contribution >= 4 is 28.9 Å². The highest BCUT2D eigenvalue weighted by Gasteiger charge is 2.06. The van der Waals surface area contributed by atoms with E-state index in [9.17, 15) is 4.79 Å². The van der Waals surface area contributed by atoms with Crippen LogP contribution in [0.25, 0.3) is 0 Å². The molecule has 0 fully saturated rings. The number of carbonyl (C=O) groups excluding carboxylic acids is 1. The Labute approximate surface area is 103 Å². The lowest BCUT2D eigenvalue weighted by Crippen LogP contribution is -2.12. The summed E-state index contributed by atoms with van der Waals surface area (Å²) in [4.78, 5) is 15.7. The number of pyridine rings is 1. The van der Waals surface area contributed by atoms with Crippen molar-refractivity contribution in [3.63, 3.8) is 0 Å². The van der Waals surface area contributed by atoms with Crippen LogP contribution in [0.2, 0.25) is 5.02 Å². The predicted molar refractivity (Wildman–Crippen MR) is 68.1 cm³/mol. The maximum Gasteiger partial charge on any atom is 0.257 e. The Bertz CT molecular complexity index is 543. The molecule has 0 saturated heterocycles. The molecule has 1 aromatic carbocycles. The van der Waals surface area contributed by atoms with Gasteiger partial charge in [0, 0.05) is 18.1 Å². The number of aromatic nitrogens is 1. The average Bonchev–Trinajstić information content (AvgIpc) is 2.35. The highest BCUT2D eigenvalue weighted by Crippen LogP contribution is 2.22. The average molecular weight is 248 g/mol. The highest BCUT2D eigenvalue weighted by atomic mass is 35.5. The van der Waals surface area contributed by atoms with Crippen LogP contribution in [0.5, 0.6) is 0 Å². The largest absolute Gasteiger partial charge is 0.397 e. The molecule has 0 bridgehead atoms. The summed E-state index contributed by atoms with van der Waals surface area (Å²) >= 11 is 5.79. The second-order valence-corrected chi connectivity index (χ2v) is 3.84. The van der Waals surface area contributed by atoms with Gasteiger partial charge in [-0.2, -0.15) is 0 Å². The minimum atomic E-state index is -0.236. The van der Waals surface area contributed by atoms with Gasteiger partial charge in [0.2, 0.25) is 0 Å². The maximum absolute atomic E-state index is 11.8. The number of rotatable bonds is 2.